The highest BCUT2D eigenvalue weighted by atomic mass is 16.2. The van der Waals surface area contributed by atoms with Crippen molar-refractivity contribution in [1.82, 2.24) is 19.6 Å². The Labute approximate surface area is 190 Å². The van der Waals surface area contributed by atoms with Gasteiger partial charge < -0.3 is 5.32 Å². The molecule has 1 fully saturated rings. The van der Waals surface area contributed by atoms with E-state index in [9.17, 15) is 4.79 Å². The Morgan fingerprint density at radius 3 is 2.25 bits per heavy atom. The fourth-order valence-corrected chi connectivity index (χ4v) is 4.06. The third-order valence-electron chi connectivity index (χ3n) is 5.86. The summed E-state index contributed by atoms with van der Waals surface area (Å²) < 4.78 is 1.88. The van der Waals surface area contributed by atoms with Gasteiger partial charge in [-0.05, 0) is 31.5 Å². The molecule has 1 aliphatic heterocycles. The zero-order chi connectivity index (χ0) is 22.3. The zero-order valence-electron chi connectivity index (χ0n) is 18.9. The summed E-state index contributed by atoms with van der Waals surface area (Å²) in [5, 5.41) is 7.71. The van der Waals surface area contributed by atoms with E-state index in [1.54, 1.807) is 0 Å². The quantitative estimate of drug-likeness (QED) is 0.621. The van der Waals surface area contributed by atoms with Crippen LogP contribution in [0.1, 0.15) is 17.0 Å². The number of aromatic nitrogens is 2. The number of para-hydroxylation sites is 1. The van der Waals surface area contributed by atoms with E-state index in [0.29, 0.717) is 6.54 Å². The van der Waals surface area contributed by atoms with Crippen LogP contribution in [0.5, 0.6) is 0 Å². The minimum absolute atomic E-state index is 0.0150. The number of nitrogens with one attached hydrogen (secondary N) is 1. The SMILES string of the molecule is Cc1nn(-c2ccccc2)c(C)c1NC(=O)CN1CCN(C/C=C/c2ccccc2)CC1. The molecule has 0 aliphatic carbocycles. The average molecular weight is 430 g/mol. The first-order chi connectivity index (χ1) is 15.6. The van der Waals surface area contributed by atoms with Gasteiger partial charge in [-0.2, -0.15) is 5.10 Å². The largest absolute Gasteiger partial charge is 0.322 e. The summed E-state index contributed by atoms with van der Waals surface area (Å²) >= 11 is 0. The number of carbonyl (C=O) groups is 1. The fourth-order valence-electron chi connectivity index (χ4n) is 4.06. The summed E-state index contributed by atoms with van der Waals surface area (Å²) in [5.41, 5.74) is 4.80. The lowest BCUT2D eigenvalue weighted by Gasteiger charge is -2.33. The number of hydrogen-bond donors (Lipinski definition) is 1. The Morgan fingerprint density at radius 2 is 1.56 bits per heavy atom. The lowest BCUT2D eigenvalue weighted by molar-refractivity contribution is -0.117. The summed E-state index contributed by atoms with van der Waals surface area (Å²) in [6.07, 6.45) is 4.38. The van der Waals surface area contributed by atoms with Crippen molar-refractivity contribution in [3.05, 3.63) is 83.7 Å². The third kappa shape index (κ3) is 5.52. The second kappa shape index (κ2) is 10.4. The van der Waals surface area contributed by atoms with E-state index < -0.39 is 0 Å². The first-order valence-corrected chi connectivity index (χ1v) is 11.2. The monoisotopic (exact) mass is 429 g/mol. The van der Waals surface area contributed by atoms with Crippen molar-refractivity contribution in [3.8, 4) is 5.69 Å². The van der Waals surface area contributed by atoms with Gasteiger partial charge in [0.15, 0.2) is 0 Å². The molecule has 0 saturated carbocycles. The lowest BCUT2D eigenvalue weighted by atomic mass is 10.2. The molecule has 1 saturated heterocycles. The van der Waals surface area contributed by atoms with Crippen LogP contribution < -0.4 is 5.32 Å². The van der Waals surface area contributed by atoms with E-state index in [4.69, 9.17) is 0 Å². The highest BCUT2D eigenvalue weighted by Crippen LogP contribution is 2.22. The first-order valence-electron chi connectivity index (χ1n) is 11.2. The van der Waals surface area contributed by atoms with E-state index in [1.165, 1.54) is 5.56 Å². The Morgan fingerprint density at radius 1 is 0.938 bits per heavy atom. The van der Waals surface area contributed by atoms with Crippen molar-refractivity contribution < 1.29 is 4.79 Å². The molecule has 2 aromatic carbocycles. The van der Waals surface area contributed by atoms with E-state index in [2.05, 4.69) is 56.6 Å². The number of rotatable bonds is 7. The van der Waals surface area contributed by atoms with Crippen LogP contribution in [-0.4, -0.2) is 64.8 Å². The van der Waals surface area contributed by atoms with Gasteiger partial charge in [0.25, 0.3) is 0 Å². The van der Waals surface area contributed by atoms with Gasteiger partial charge in [-0.3, -0.25) is 14.6 Å². The second-order valence-electron chi connectivity index (χ2n) is 8.23. The van der Waals surface area contributed by atoms with E-state index in [-0.39, 0.29) is 5.91 Å². The highest BCUT2D eigenvalue weighted by Gasteiger charge is 2.20. The minimum Gasteiger partial charge on any atom is -0.322 e. The molecular formula is C26H31N5O. The normalized spacial score (nSPS) is 15.3. The van der Waals surface area contributed by atoms with E-state index in [0.717, 1.165) is 55.5 Å². The van der Waals surface area contributed by atoms with Crippen LogP contribution in [0.4, 0.5) is 5.69 Å². The van der Waals surface area contributed by atoms with Crippen LogP contribution in [0, 0.1) is 13.8 Å². The Kier molecular flexibility index (Phi) is 7.14. The molecule has 1 amide bonds. The predicted molar refractivity (Wildman–Crippen MR) is 130 cm³/mol. The predicted octanol–water partition coefficient (Wildman–Crippen LogP) is 3.76. The summed E-state index contributed by atoms with van der Waals surface area (Å²) in [5.74, 6) is 0.0150. The fraction of sp³-hybridized carbons (Fsp3) is 0.308. The van der Waals surface area contributed by atoms with Crippen LogP contribution in [0.15, 0.2) is 66.7 Å². The van der Waals surface area contributed by atoms with Gasteiger partial charge in [-0.25, -0.2) is 4.68 Å². The van der Waals surface area contributed by atoms with Crippen molar-refractivity contribution in [1.29, 1.82) is 0 Å². The molecule has 3 aromatic rings. The average Bonchev–Trinajstić information content (AvgIpc) is 3.10. The molecule has 0 radical (unpaired) electrons. The van der Waals surface area contributed by atoms with Gasteiger partial charge in [0.1, 0.15) is 0 Å². The van der Waals surface area contributed by atoms with Crippen molar-refractivity contribution in [2.75, 3.05) is 44.6 Å². The van der Waals surface area contributed by atoms with Gasteiger partial charge in [-0.15, -0.1) is 0 Å². The van der Waals surface area contributed by atoms with Gasteiger partial charge >= 0.3 is 0 Å². The van der Waals surface area contributed by atoms with Gasteiger partial charge in [-0.1, -0.05) is 60.7 Å². The molecule has 0 unspecified atom stereocenters. The first kappa shape index (κ1) is 22.0. The molecule has 1 aliphatic rings. The molecule has 2 heterocycles. The van der Waals surface area contributed by atoms with Gasteiger partial charge in [0, 0.05) is 32.7 Å². The molecule has 6 heteroatoms. The molecule has 1 N–H and O–H groups in total. The molecule has 32 heavy (non-hydrogen) atoms. The van der Waals surface area contributed by atoms with Crippen molar-refractivity contribution in [2.24, 2.45) is 0 Å². The van der Waals surface area contributed by atoms with Crippen LogP contribution in [0.3, 0.4) is 0 Å². The van der Waals surface area contributed by atoms with Crippen molar-refractivity contribution in [2.45, 2.75) is 13.8 Å². The van der Waals surface area contributed by atoms with Crippen molar-refractivity contribution >= 4 is 17.7 Å². The lowest BCUT2D eigenvalue weighted by Crippen LogP contribution is -2.48. The second-order valence-corrected chi connectivity index (χ2v) is 8.23. The molecule has 166 valence electrons. The molecular weight excluding hydrogens is 398 g/mol. The standard InChI is InChI=1S/C26H31N5O/c1-21-26(22(2)31(28-21)24-13-7-4-8-14-24)27-25(32)20-30-18-16-29(17-19-30)15-9-12-23-10-5-3-6-11-23/h3-14H,15-20H2,1-2H3,(H,27,32)/b12-9+. The Balaban J connectivity index is 1.26. The highest BCUT2D eigenvalue weighted by molar-refractivity contribution is 5.93. The Hall–Kier alpha value is -3.22. The number of carbonyl (C=O) groups excluding carboxylic acids is 1. The maximum atomic E-state index is 12.7. The zero-order valence-corrected chi connectivity index (χ0v) is 18.9. The maximum absolute atomic E-state index is 12.7. The number of benzene rings is 2. The van der Waals surface area contributed by atoms with Gasteiger partial charge in [0.2, 0.25) is 5.91 Å². The van der Waals surface area contributed by atoms with Crippen molar-refractivity contribution in [3.63, 3.8) is 0 Å². The summed E-state index contributed by atoms with van der Waals surface area (Å²) in [6, 6.07) is 20.3. The maximum Gasteiger partial charge on any atom is 0.238 e. The number of piperazine rings is 1. The number of amides is 1. The van der Waals surface area contributed by atoms with Crippen LogP contribution in [0.2, 0.25) is 0 Å². The smallest absolute Gasteiger partial charge is 0.238 e. The molecule has 0 atom stereocenters. The molecule has 1 aromatic heterocycles. The number of aryl methyl sites for hydroxylation is 1. The van der Waals surface area contributed by atoms with Crippen LogP contribution >= 0.6 is 0 Å². The summed E-state index contributed by atoms with van der Waals surface area (Å²) in [7, 11) is 0. The summed E-state index contributed by atoms with van der Waals surface area (Å²) in [6.45, 7) is 9.00. The number of anilines is 1. The Bertz CT molecular complexity index is 1050. The number of nitrogens with zero attached hydrogens (tertiary/aromatic N) is 4. The van der Waals surface area contributed by atoms with Gasteiger partial charge in [0.05, 0.1) is 29.3 Å². The minimum atomic E-state index is 0.0150. The molecule has 0 bridgehead atoms. The van der Waals surface area contributed by atoms with Crippen LogP contribution in [-0.2, 0) is 4.79 Å². The third-order valence-corrected chi connectivity index (χ3v) is 5.86. The van der Waals surface area contributed by atoms with E-state index >= 15 is 0 Å². The molecule has 4 rings (SSSR count). The van der Waals surface area contributed by atoms with E-state index in [1.807, 2.05) is 54.9 Å². The summed E-state index contributed by atoms with van der Waals surface area (Å²) in [4.78, 5) is 17.4. The molecule has 0 spiro atoms. The topological polar surface area (TPSA) is 53.4 Å². The molecule has 6 nitrogen and oxygen atoms in total. The number of hydrogen-bond acceptors (Lipinski definition) is 4. The van der Waals surface area contributed by atoms with Crippen LogP contribution in [0.25, 0.3) is 11.8 Å².